The Bertz CT molecular complexity index is 745. The molecule has 0 aliphatic heterocycles. The third kappa shape index (κ3) is 33.4. The summed E-state index contributed by atoms with van der Waals surface area (Å²) >= 11 is 3.53. The molecular weight excluding hydrogens is 638 g/mol. The Hall–Kier alpha value is -0.900. The summed E-state index contributed by atoms with van der Waals surface area (Å²) in [6, 6.07) is 2.36. The van der Waals surface area contributed by atoms with Gasteiger partial charge in [0.2, 0.25) is 0 Å². The molecule has 4 heteroatoms. The minimum atomic E-state index is 1.11. The number of hydrogen-bond donors (Lipinski definition) is 2. The Labute approximate surface area is 303 Å². The van der Waals surface area contributed by atoms with Crippen molar-refractivity contribution in [2.24, 2.45) is 0 Å². The topological polar surface area (TPSA) is 29.0 Å². The highest BCUT2D eigenvalue weighted by Crippen LogP contribution is 2.15. The Morgan fingerprint density at radius 2 is 0.872 bits per heavy atom. The number of hydrogen-bond acceptors (Lipinski definition) is 2. The first-order chi connectivity index (χ1) is 23.4. The van der Waals surface area contributed by atoms with Crippen molar-refractivity contribution >= 4 is 15.9 Å². The number of aromatic nitrogens is 1. The molecule has 3 nitrogen and oxygen atoms in total. The van der Waals surface area contributed by atoms with Gasteiger partial charge in [-0.1, -0.05) is 190 Å². The number of alkyl halides is 1. The molecule has 0 aliphatic carbocycles. The van der Waals surface area contributed by atoms with E-state index in [4.69, 9.17) is 0 Å². The Morgan fingerprint density at radius 3 is 1.32 bits per heavy atom. The molecule has 0 amide bonds. The SMILES string of the molecule is CCCCCCCCCCCCCN/C=C\NCCCCCCCCCCCCn1ccc(CCCCCCCCCCCCBr)c1. The molecule has 1 aromatic rings. The van der Waals surface area contributed by atoms with Crippen LogP contribution in [0.2, 0.25) is 0 Å². The maximum absolute atomic E-state index is 3.53. The van der Waals surface area contributed by atoms with Gasteiger partial charge in [-0.3, -0.25) is 0 Å². The van der Waals surface area contributed by atoms with Gasteiger partial charge in [0.15, 0.2) is 0 Å². The van der Waals surface area contributed by atoms with Crippen LogP contribution in [0.25, 0.3) is 0 Å². The molecule has 0 bridgehead atoms. The second kappa shape index (κ2) is 37.9. The zero-order chi connectivity index (χ0) is 33.6. The van der Waals surface area contributed by atoms with Crippen molar-refractivity contribution in [1.29, 1.82) is 0 Å². The van der Waals surface area contributed by atoms with Gasteiger partial charge in [0.05, 0.1) is 0 Å². The average molecular weight is 721 g/mol. The zero-order valence-corrected chi connectivity index (χ0v) is 33.3. The van der Waals surface area contributed by atoms with E-state index in [1.54, 1.807) is 5.56 Å². The largest absolute Gasteiger partial charge is 0.390 e. The van der Waals surface area contributed by atoms with Crippen LogP contribution < -0.4 is 10.6 Å². The number of rotatable bonds is 39. The fourth-order valence-corrected chi connectivity index (χ4v) is 7.12. The molecule has 1 heterocycles. The number of halogens is 1. The molecule has 0 fully saturated rings. The summed E-state index contributed by atoms with van der Waals surface area (Å²) in [6.45, 7) is 5.72. The van der Waals surface area contributed by atoms with Gasteiger partial charge in [0.1, 0.15) is 0 Å². The minimum absolute atomic E-state index is 1.11. The Balaban J connectivity index is 1.74. The second-order valence-electron chi connectivity index (χ2n) is 14.5. The van der Waals surface area contributed by atoms with Crippen molar-refractivity contribution < 1.29 is 0 Å². The van der Waals surface area contributed by atoms with Gasteiger partial charge >= 0.3 is 0 Å². The third-order valence-corrected chi connectivity index (χ3v) is 10.5. The number of nitrogens with zero attached hydrogens (tertiary/aromatic N) is 1. The molecule has 0 aromatic carbocycles. The molecule has 47 heavy (non-hydrogen) atoms. The molecule has 0 saturated heterocycles. The molecule has 0 unspecified atom stereocenters. The average Bonchev–Trinajstić information content (AvgIpc) is 3.54. The lowest BCUT2D eigenvalue weighted by Crippen LogP contribution is -2.11. The highest BCUT2D eigenvalue weighted by atomic mass is 79.9. The second-order valence-corrected chi connectivity index (χ2v) is 15.3. The van der Waals surface area contributed by atoms with Crippen LogP contribution in [0.5, 0.6) is 0 Å². The van der Waals surface area contributed by atoms with Gasteiger partial charge in [-0.25, -0.2) is 0 Å². The summed E-state index contributed by atoms with van der Waals surface area (Å²) in [5.41, 5.74) is 1.55. The minimum Gasteiger partial charge on any atom is -0.390 e. The van der Waals surface area contributed by atoms with Crippen molar-refractivity contribution in [3.8, 4) is 0 Å². The van der Waals surface area contributed by atoms with Crippen LogP contribution in [0.15, 0.2) is 30.9 Å². The normalized spacial score (nSPS) is 11.6. The molecular formula is C43H82BrN3. The lowest BCUT2D eigenvalue weighted by Gasteiger charge is -2.05. The smallest absolute Gasteiger partial charge is 0.0219 e. The van der Waals surface area contributed by atoms with Crippen molar-refractivity contribution in [3.63, 3.8) is 0 Å². The molecule has 0 saturated carbocycles. The van der Waals surface area contributed by atoms with Gasteiger partial charge in [0, 0.05) is 49.8 Å². The number of unbranched alkanes of at least 4 members (excludes halogenated alkanes) is 28. The van der Waals surface area contributed by atoms with E-state index in [1.165, 1.54) is 217 Å². The van der Waals surface area contributed by atoms with Gasteiger partial charge < -0.3 is 15.2 Å². The molecule has 276 valence electrons. The van der Waals surface area contributed by atoms with E-state index in [2.05, 4.69) is 68.9 Å². The first-order valence-corrected chi connectivity index (χ1v) is 22.3. The fraction of sp³-hybridized carbons (Fsp3) is 0.860. The maximum atomic E-state index is 3.53. The third-order valence-electron chi connectivity index (χ3n) is 9.89. The van der Waals surface area contributed by atoms with Gasteiger partial charge in [-0.15, -0.1) is 0 Å². The van der Waals surface area contributed by atoms with E-state index in [-0.39, 0.29) is 0 Å². The monoisotopic (exact) mass is 720 g/mol. The molecule has 0 spiro atoms. The standard InChI is InChI=1S/C43H82BrN3/c1-2-3-4-5-6-7-10-15-20-25-30-36-45-38-39-46-37-31-26-21-16-11-12-17-22-27-32-40-47-41-34-43(42-47)33-28-23-18-13-8-9-14-19-24-29-35-44/h34,38-39,41-42,45-46H,2-33,35-37,40H2,1H3/b39-38-. The Kier molecular flexibility index (Phi) is 35.6. The summed E-state index contributed by atoms with van der Waals surface area (Å²) in [4.78, 5) is 0. The maximum Gasteiger partial charge on any atom is 0.0219 e. The van der Waals surface area contributed by atoms with Crippen molar-refractivity contribution in [2.75, 3.05) is 18.4 Å². The zero-order valence-electron chi connectivity index (χ0n) is 31.7. The van der Waals surface area contributed by atoms with E-state index in [1.807, 2.05) is 0 Å². The quantitative estimate of drug-likeness (QED) is 0.0524. The van der Waals surface area contributed by atoms with Crippen LogP contribution in [0.4, 0.5) is 0 Å². The summed E-state index contributed by atoms with van der Waals surface area (Å²) in [5, 5.41) is 8.07. The Morgan fingerprint density at radius 1 is 0.489 bits per heavy atom. The van der Waals surface area contributed by atoms with E-state index < -0.39 is 0 Å². The first kappa shape index (κ1) is 44.1. The number of nitrogens with one attached hydrogen (secondary N) is 2. The van der Waals surface area contributed by atoms with Crippen molar-refractivity contribution in [1.82, 2.24) is 15.2 Å². The van der Waals surface area contributed by atoms with Crippen molar-refractivity contribution in [3.05, 3.63) is 36.4 Å². The molecule has 1 rings (SSSR count). The first-order valence-electron chi connectivity index (χ1n) is 21.2. The van der Waals surface area contributed by atoms with Crippen LogP contribution >= 0.6 is 15.9 Å². The summed E-state index contributed by atoms with van der Waals surface area (Å²) < 4.78 is 2.44. The molecule has 2 N–H and O–H groups in total. The lowest BCUT2D eigenvalue weighted by atomic mass is 10.0. The van der Waals surface area contributed by atoms with Gasteiger partial charge in [-0.05, 0) is 50.2 Å². The van der Waals surface area contributed by atoms with Gasteiger partial charge in [0.25, 0.3) is 0 Å². The van der Waals surface area contributed by atoms with Crippen LogP contribution in [-0.4, -0.2) is 23.0 Å². The van der Waals surface area contributed by atoms with Crippen LogP contribution in [0.3, 0.4) is 0 Å². The fourth-order valence-electron chi connectivity index (χ4n) is 6.73. The summed E-state index contributed by atoms with van der Waals surface area (Å²) in [5.74, 6) is 0. The van der Waals surface area contributed by atoms with Crippen LogP contribution in [0.1, 0.15) is 212 Å². The van der Waals surface area contributed by atoms with E-state index in [0.29, 0.717) is 0 Å². The highest BCUT2D eigenvalue weighted by molar-refractivity contribution is 9.09. The molecule has 1 aromatic heterocycles. The van der Waals surface area contributed by atoms with Crippen LogP contribution in [0, 0.1) is 0 Å². The predicted octanol–water partition coefficient (Wildman–Crippen LogP) is 14.2. The van der Waals surface area contributed by atoms with Crippen molar-refractivity contribution in [2.45, 2.75) is 219 Å². The molecule has 0 radical (unpaired) electrons. The highest BCUT2D eigenvalue weighted by Gasteiger charge is 2.00. The summed E-state index contributed by atoms with van der Waals surface area (Å²) in [7, 11) is 0. The lowest BCUT2D eigenvalue weighted by molar-refractivity contribution is 0.531. The number of aryl methyl sites for hydroxylation is 2. The van der Waals surface area contributed by atoms with E-state index in [0.717, 1.165) is 13.1 Å². The molecule has 0 atom stereocenters. The van der Waals surface area contributed by atoms with Crippen LogP contribution in [-0.2, 0) is 13.0 Å². The van der Waals surface area contributed by atoms with E-state index >= 15 is 0 Å². The van der Waals surface area contributed by atoms with Gasteiger partial charge in [-0.2, -0.15) is 0 Å². The van der Waals surface area contributed by atoms with E-state index in [9.17, 15) is 0 Å². The predicted molar refractivity (Wildman–Crippen MR) is 216 cm³/mol. The summed E-state index contributed by atoms with van der Waals surface area (Å²) in [6.07, 6.45) is 53.8. The molecule has 0 aliphatic rings.